The monoisotopic (exact) mass is 595 g/mol. The highest BCUT2D eigenvalue weighted by atomic mass is 16.3. The van der Waals surface area contributed by atoms with Gasteiger partial charge in [-0.2, -0.15) is 0 Å². The van der Waals surface area contributed by atoms with Crippen LogP contribution in [0.25, 0.3) is 0 Å². The summed E-state index contributed by atoms with van der Waals surface area (Å²) in [4.78, 5) is 0. The summed E-state index contributed by atoms with van der Waals surface area (Å²) in [6, 6.07) is 12.6. The zero-order valence-electron chi connectivity index (χ0n) is 28.1. The molecule has 0 aliphatic heterocycles. The number of hydrogen-bond acceptors (Lipinski definition) is 4. The lowest BCUT2D eigenvalue weighted by Gasteiger charge is -2.23. The molecule has 2 atom stereocenters. The second kappa shape index (κ2) is 22.5. The van der Waals surface area contributed by atoms with E-state index in [-0.39, 0.29) is 5.92 Å². The molecule has 0 spiro atoms. The molecule has 0 aliphatic rings. The first-order valence-corrected chi connectivity index (χ1v) is 18.1. The number of nitrogens with two attached hydrogens (primary N) is 2. The Bertz CT molecular complexity index is 920. The summed E-state index contributed by atoms with van der Waals surface area (Å²) < 4.78 is 0. The third-order valence-electron chi connectivity index (χ3n) is 9.25. The molecule has 0 amide bonds. The van der Waals surface area contributed by atoms with Crippen LogP contribution in [0.5, 0.6) is 0 Å². The Morgan fingerprint density at radius 1 is 0.465 bits per heavy atom. The molecule has 2 rings (SSSR count). The number of unbranched alkanes of at least 4 members (excludes halogenated alkanes) is 15. The van der Waals surface area contributed by atoms with E-state index >= 15 is 0 Å². The minimum absolute atomic E-state index is 0.173. The molecule has 0 heterocycles. The fraction of sp³-hybridized carbons (Fsp3) is 0.692. The fourth-order valence-electron chi connectivity index (χ4n) is 6.40. The van der Waals surface area contributed by atoms with Crippen LogP contribution in [-0.4, -0.2) is 10.2 Å². The van der Waals surface area contributed by atoms with Crippen LogP contribution in [-0.2, 0) is 0 Å². The van der Waals surface area contributed by atoms with Crippen molar-refractivity contribution < 1.29 is 10.2 Å². The minimum Gasteiger partial charge on any atom is -0.398 e. The minimum atomic E-state index is -0.540. The first kappa shape index (κ1) is 37.1. The fourth-order valence-corrected chi connectivity index (χ4v) is 6.40. The van der Waals surface area contributed by atoms with Crippen LogP contribution < -0.4 is 11.5 Å². The van der Waals surface area contributed by atoms with Gasteiger partial charge in [0.2, 0.25) is 0 Å². The van der Waals surface area contributed by atoms with E-state index in [2.05, 4.69) is 45.0 Å². The molecule has 0 bridgehead atoms. The molecule has 4 nitrogen and oxygen atoms in total. The molecule has 2 aromatic rings. The molecule has 0 fully saturated rings. The van der Waals surface area contributed by atoms with E-state index in [9.17, 15) is 10.2 Å². The normalized spacial score (nSPS) is 13.7. The maximum absolute atomic E-state index is 11.2. The number of anilines is 2. The number of aliphatic hydroxyl groups is 2. The van der Waals surface area contributed by atoms with Crippen molar-refractivity contribution in [3.05, 3.63) is 58.7 Å². The van der Waals surface area contributed by atoms with Gasteiger partial charge in [-0.1, -0.05) is 161 Å². The zero-order valence-corrected chi connectivity index (χ0v) is 28.1. The number of rotatable bonds is 25. The van der Waals surface area contributed by atoms with Gasteiger partial charge in [-0.15, -0.1) is 0 Å². The molecule has 43 heavy (non-hydrogen) atoms. The van der Waals surface area contributed by atoms with Gasteiger partial charge in [0.05, 0.1) is 12.2 Å². The molecule has 0 saturated carbocycles. The van der Waals surface area contributed by atoms with E-state index in [1.165, 1.54) is 94.6 Å². The Morgan fingerprint density at radius 3 is 1.16 bits per heavy atom. The van der Waals surface area contributed by atoms with Crippen molar-refractivity contribution in [1.82, 2.24) is 0 Å². The van der Waals surface area contributed by atoms with Crippen LogP contribution in [0.3, 0.4) is 0 Å². The number of aliphatic hydroxyl groups excluding tert-OH is 2. The smallest absolute Gasteiger partial charge is 0.0810 e. The lowest BCUT2D eigenvalue weighted by molar-refractivity contribution is 0.164. The molecule has 244 valence electrons. The maximum atomic E-state index is 11.2. The van der Waals surface area contributed by atoms with Crippen molar-refractivity contribution in [2.75, 3.05) is 11.5 Å². The van der Waals surface area contributed by atoms with Gasteiger partial charge in [-0.25, -0.2) is 0 Å². The molecular formula is C39H66N2O2. The molecule has 0 saturated heterocycles. The Balaban J connectivity index is 2.21. The van der Waals surface area contributed by atoms with Crippen molar-refractivity contribution in [2.45, 2.75) is 174 Å². The van der Waals surface area contributed by atoms with Crippen molar-refractivity contribution in [1.29, 1.82) is 0 Å². The molecule has 6 N–H and O–H groups in total. The molecule has 2 unspecified atom stereocenters. The molecule has 0 radical (unpaired) electrons. The second-order valence-corrected chi connectivity index (χ2v) is 13.0. The largest absolute Gasteiger partial charge is 0.398 e. The summed E-state index contributed by atoms with van der Waals surface area (Å²) in [5.74, 6) is 0.173. The van der Waals surface area contributed by atoms with E-state index in [0.717, 1.165) is 62.5 Å². The molecule has 0 aromatic heterocycles. The highest BCUT2D eigenvalue weighted by Gasteiger charge is 2.21. The third-order valence-corrected chi connectivity index (χ3v) is 9.25. The summed E-state index contributed by atoms with van der Waals surface area (Å²) in [6.07, 6.45) is 23.4. The van der Waals surface area contributed by atoms with E-state index in [0.29, 0.717) is 11.4 Å². The van der Waals surface area contributed by atoms with Crippen LogP contribution in [0.4, 0.5) is 11.4 Å². The first-order valence-electron chi connectivity index (χ1n) is 18.1. The molecule has 2 aromatic carbocycles. The number of nitrogen functional groups attached to an aromatic ring is 2. The second-order valence-electron chi connectivity index (χ2n) is 13.0. The Labute approximate surface area is 265 Å². The van der Waals surface area contributed by atoms with Crippen LogP contribution in [0.15, 0.2) is 36.4 Å². The third kappa shape index (κ3) is 14.1. The predicted molar refractivity (Wildman–Crippen MR) is 187 cm³/mol. The quantitative estimate of drug-likeness (QED) is 0.0679. The Hall–Kier alpha value is -2.04. The van der Waals surface area contributed by atoms with Gasteiger partial charge in [0, 0.05) is 28.4 Å². The lowest BCUT2D eigenvalue weighted by atomic mass is 9.83. The van der Waals surface area contributed by atoms with E-state index in [4.69, 9.17) is 11.5 Å². The standard InChI is InChI=1S/C39H66N2O2/c1-4-7-10-13-16-19-22-33(31-25-27-36(40)34(29-31)38(42)23-20-17-14-11-8-5-2)32-26-28-37(41)35(30-32)39(43)24-21-18-15-12-9-6-3/h25-30,33,38-39,42-43H,4-24,40-41H2,1-3H3. The van der Waals surface area contributed by atoms with Crippen LogP contribution in [0, 0.1) is 0 Å². The van der Waals surface area contributed by atoms with Gasteiger partial charge in [-0.05, 0) is 42.5 Å². The summed E-state index contributed by atoms with van der Waals surface area (Å²) in [5.41, 5.74) is 18.3. The number of hydrogen-bond donors (Lipinski definition) is 4. The van der Waals surface area contributed by atoms with Crippen LogP contribution in [0.2, 0.25) is 0 Å². The van der Waals surface area contributed by atoms with Crippen LogP contribution in [0.1, 0.15) is 196 Å². The van der Waals surface area contributed by atoms with Gasteiger partial charge in [0.25, 0.3) is 0 Å². The maximum Gasteiger partial charge on any atom is 0.0810 e. The van der Waals surface area contributed by atoms with Crippen molar-refractivity contribution in [3.63, 3.8) is 0 Å². The summed E-state index contributed by atoms with van der Waals surface area (Å²) in [7, 11) is 0. The Kier molecular flexibility index (Phi) is 19.4. The van der Waals surface area contributed by atoms with Gasteiger partial charge >= 0.3 is 0 Å². The van der Waals surface area contributed by atoms with Gasteiger partial charge in [0.1, 0.15) is 0 Å². The van der Waals surface area contributed by atoms with Crippen LogP contribution >= 0.6 is 0 Å². The molecule has 0 aliphatic carbocycles. The predicted octanol–water partition coefficient (Wildman–Crippen LogP) is 11.3. The zero-order chi connectivity index (χ0) is 31.3. The molecular weight excluding hydrogens is 528 g/mol. The average molecular weight is 595 g/mol. The van der Waals surface area contributed by atoms with E-state index in [1.54, 1.807) is 0 Å². The van der Waals surface area contributed by atoms with E-state index < -0.39 is 12.2 Å². The van der Waals surface area contributed by atoms with Gasteiger partial charge in [0.15, 0.2) is 0 Å². The summed E-state index contributed by atoms with van der Waals surface area (Å²) in [6.45, 7) is 6.74. The Morgan fingerprint density at radius 2 is 0.791 bits per heavy atom. The SMILES string of the molecule is CCCCCCCCC(O)c1cc(C(CCCCCCCC)c2ccc(N)c(C(O)CCCCCCCC)c2)ccc1N. The highest BCUT2D eigenvalue weighted by molar-refractivity contribution is 5.54. The van der Waals surface area contributed by atoms with Crippen molar-refractivity contribution in [2.24, 2.45) is 0 Å². The summed E-state index contributed by atoms with van der Waals surface area (Å²) >= 11 is 0. The summed E-state index contributed by atoms with van der Waals surface area (Å²) in [5, 5.41) is 22.3. The topological polar surface area (TPSA) is 92.5 Å². The average Bonchev–Trinajstić information content (AvgIpc) is 3.01. The number of benzene rings is 2. The van der Waals surface area contributed by atoms with Gasteiger partial charge < -0.3 is 21.7 Å². The van der Waals surface area contributed by atoms with Crippen molar-refractivity contribution >= 4 is 11.4 Å². The highest BCUT2D eigenvalue weighted by Crippen LogP contribution is 2.37. The van der Waals surface area contributed by atoms with Gasteiger partial charge in [-0.3, -0.25) is 0 Å². The lowest BCUT2D eigenvalue weighted by Crippen LogP contribution is -2.09. The van der Waals surface area contributed by atoms with E-state index in [1.807, 2.05) is 12.1 Å². The first-order chi connectivity index (χ1) is 20.9. The molecule has 4 heteroatoms. The van der Waals surface area contributed by atoms with Crippen molar-refractivity contribution in [3.8, 4) is 0 Å².